The van der Waals surface area contributed by atoms with Gasteiger partial charge in [-0.05, 0) is 0 Å². The summed E-state index contributed by atoms with van der Waals surface area (Å²) in [5, 5.41) is 0. The van der Waals surface area contributed by atoms with Crippen LogP contribution >= 0.6 is 80.6 Å². The summed E-state index contributed by atoms with van der Waals surface area (Å²) in [5.74, 6) is 0. The summed E-state index contributed by atoms with van der Waals surface area (Å²) >= 11 is 20.0. The Hall–Kier alpha value is 6.82. The summed E-state index contributed by atoms with van der Waals surface area (Å²) < 4.78 is -3.04. The Morgan fingerprint density at radius 3 is 0.556 bits per heavy atom. The monoisotopic (exact) mass is 657 g/mol. The van der Waals surface area contributed by atoms with E-state index in [1.54, 1.807) is 0 Å². The van der Waals surface area contributed by atoms with Crippen molar-refractivity contribution in [3.8, 4) is 0 Å². The zero-order valence-electron chi connectivity index (χ0n) is 4.58. The summed E-state index contributed by atoms with van der Waals surface area (Å²) in [6.07, 6.45) is 0. The first-order chi connectivity index (χ1) is 2.45. The van der Waals surface area contributed by atoms with Crippen LogP contribution in [0.15, 0.2) is 0 Å². The van der Waals surface area contributed by atoms with Crippen LogP contribution in [0, 0.1) is 0 Å². The van der Waals surface area contributed by atoms with Crippen molar-refractivity contribution in [3.63, 3.8) is 0 Å². The van der Waals surface area contributed by atoms with Gasteiger partial charge in [-0.3, -0.25) is 0 Å². The molecule has 0 aliphatic carbocycles. The minimum Gasteiger partial charge on any atom is 1.00 e. The van der Waals surface area contributed by atoms with E-state index < -0.39 is 0.992 Å². The number of hydrogen-bond donors (Lipinski definition) is 0. The van der Waals surface area contributed by atoms with Crippen LogP contribution in [0.5, 0.6) is 0 Å². The first-order valence-electron chi connectivity index (χ1n) is 0.717. The van der Waals surface area contributed by atoms with Crippen molar-refractivity contribution in [2.24, 2.45) is 0 Å². The summed E-state index contributed by atoms with van der Waals surface area (Å²) in [6.45, 7) is 0. The van der Waals surface area contributed by atoms with Gasteiger partial charge in [0.25, 0.3) is 0 Å². The predicted octanol–water partition coefficient (Wildman–Crippen LogP) is -0.921. The summed E-state index contributed by atoms with van der Waals surface area (Å²) in [6, 6.07) is 0. The van der Waals surface area contributed by atoms with Crippen LogP contribution in [0.2, 0.25) is 0 Å². The Bertz CT molecular complexity index is 69.6. The average molecular weight is 664 g/mol. The van der Waals surface area contributed by atoms with Gasteiger partial charge in [0.1, 0.15) is 0 Å². The third kappa shape index (κ3) is 52.4. The van der Waals surface area contributed by atoms with Crippen LogP contribution in [0.4, 0.5) is 0 Å². The van der Waals surface area contributed by atoms with Crippen molar-refractivity contribution in [1.82, 2.24) is 0 Å². The van der Waals surface area contributed by atoms with Gasteiger partial charge in [0.2, 0.25) is 0 Å². The van der Waals surface area contributed by atoms with Crippen LogP contribution in [0.25, 0.3) is 0 Å². The molecule has 0 heterocycles. The zero-order chi connectivity index (χ0) is 6.41. The molecule has 0 unspecified atom stereocenters. The molecular formula is Br6K2Pd. The quantitative estimate of drug-likeness (QED) is 0.295. The molecule has 0 radical (unpaired) electrons. The molecule has 54 valence electrons. The van der Waals surface area contributed by atoms with Crippen molar-refractivity contribution in [3.05, 3.63) is 0 Å². The molecule has 0 aromatic heterocycles. The second-order valence-corrected chi connectivity index (χ2v) is 108. The zero-order valence-corrected chi connectivity index (χ0v) is 21.9. The van der Waals surface area contributed by atoms with E-state index in [0.29, 0.717) is 0 Å². The van der Waals surface area contributed by atoms with E-state index in [4.69, 9.17) is 0 Å². The van der Waals surface area contributed by atoms with E-state index in [9.17, 15) is 0 Å². The van der Waals surface area contributed by atoms with E-state index in [0.717, 1.165) is 0 Å². The Morgan fingerprint density at radius 2 is 0.556 bits per heavy atom. The second kappa shape index (κ2) is 5.94. The van der Waals surface area contributed by atoms with Gasteiger partial charge in [-0.15, -0.1) is 0 Å². The van der Waals surface area contributed by atoms with Gasteiger partial charge >= 0.3 is 184 Å². The van der Waals surface area contributed by atoms with Crippen LogP contribution in [0.3, 0.4) is 0 Å². The van der Waals surface area contributed by atoms with E-state index in [1.807, 2.05) is 0 Å². The van der Waals surface area contributed by atoms with Crippen molar-refractivity contribution >= 4 is 80.6 Å². The fourth-order valence-corrected chi connectivity index (χ4v) is 0. The maximum absolute atomic E-state index is 3.33. The topological polar surface area (TPSA) is 0 Å². The number of hydrogen-bond acceptors (Lipinski definition) is 0. The molecule has 9 heteroatoms. The van der Waals surface area contributed by atoms with E-state index in [2.05, 4.69) is 80.6 Å². The molecule has 0 bridgehead atoms. The fourth-order valence-electron chi connectivity index (χ4n) is 0. The Labute approximate surface area is 177 Å². The van der Waals surface area contributed by atoms with Crippen molar-refractivity contribution in [1.29, 1.82) is 0 Å². The molecule has 0 aliphatic heterocycles. The van der Waals surface area contributed by atoms with E-state index in [1.165, 1.54) is 0 Å². The van der Waals surface area contributed by atoms with Gasteiger partial charge in [-0.25, -0.2) is 0 Å². The fraction of sp³-hybridized carbons (Fsp3) is 0. The molecule has 9 heavy (non-hydrogen) atoms. The standard InChI is InChI=1S/6BrH.2K.Pd/h6*1H;;;/q;;;;;;2*+1;+4/p-6. The first-order valence-corrected chi connectivity index (χ1v) is 22.0. The van der Waals surface area contributed by atoms with Crippen LogP contribution < -0.4 is 103 Å². The van der Waals surface area contributed by atoms with Gasteiger partial charge in [0, 0.05) is 0 Å². The third-order valence-corrected chi connectivity index (χ3v) is 0. The number of halogens is 6. The van der Waals surface area contributed by atoms with Crippen molar-refractivity contribution < 1.29 is 104 Å². The van der Waals surface area contributed by atoms with E-state index in [-0.39, 0.29) is 103 Å². The van der Waals surface area contributed by atoms with E-state index >= 15 is 0 Å². The third-order valence-electron chi connectivity index (χ3n) is 0. The number of rotatable bonds is 0. The molecule has 0 amide bonds. The summed E-state index contributed by atoms with van der Waals surface area (Å²) in [7, 11) is 0. The molecule has 0 atom stereocenters. The maximum atomic E-state index is 3.33. The van der Waals surface area contributed by atoms with Gasteiger partial charge in [-0.1, -0.05) is 0 Å². The normalized spacial score (nSPS) is 18.0. The molecule has 0 aromatic carbocycles. The van der Waals surface area contributed by atoms with Crippen molar-refractivity contribution in [2.45, 2.75) is 0 Å². The Kier molecular flexibility index (Phi) is 14.0. The SMILES string of the molecule is [Br][Pd-2]([Br])([Br])([Br])([Br])[Br].[K+].[K+]. The Balaban J connectivity index is -0.000000180. The first kappa shape index (κ1) is 21.1. The summed E-state index contributed by atoms with van der Waals surface area (Å²) in [5.41, 5.74) is 0. The molecule has 0 aliphatic rings. The molecule has 0 rings (SSSR count). The molecule has 0 saturated carbocycles. The Morgan fingerprint density at radius 1 is 0.556 bits per heavy atom. The van der Waals surface area contributed by atoms with Gasteiger partial charge < -0.3 is 0 Å². The van der Waals surface area contributed by atoms with Crippen LogP contribution in [0.1, 0.15) is 0 Å². The van der Waals surface area contributed by atoms with Crippen LogP contribution in [-0.4, -0.2) is 0 Å². The molecule has 0 N–H and O–H groups in total. The second-order valence-electron chi connectivity index (χ2n) is 0.678. The minimum absolute atomic E-state index is 0. The molecular weight excluding hydrogens is 664 g/mol. The van der Waals surface area contributed by atoms with Crippen molar-refractivity contribution in [2.75, 3.05) is 0 Å². The van der Waals surface area contributed by atoms with Gasteiger partial charge in [-0.2, -0.15) is 0 Å². The minimum atomic E-state index is -3.04. The molecule has 0 aromatic rings. The maximum Gasteiger partial charge on any atom is 1.00 e. The smallest absolute Gasteiger partial charge is 1.00 e. The molecule has 0 spiro atoms. The summed E-state index contributed by atoms with van der Waals surface area (Å²) in [4.78, 5) is 0. The van der Waals surface area contributed by atoms with Gasteiger partial charge in [0.15, 0.2) is 0 Å². The molecule has 0 saturated heterocycles. The van der Waals surface area contributed by atoms with Crippen LogP contribution in [-0.2, 0) is 0.992 Å². The molecule has 0 nitrogen and oxygen atoms in total. The predicted molar refractivity (Wildman–Crippen MR) is 53.6 cm³/mol. The largest absolute Gasteiger partial charge is 1.00 e. The average Bonchev–Trinajstić information content (AvgIpc) is 0.592. The van der Waals surface area contributed by atoms with Gasteiger partial charge in [0.05, 0.1) is 0 Å². The molecule has 0 fully saturated rings.